The minimum atomic E-state index is -2.68. The normalized spacial score (nSPS) is 18.1. The predicted molar refractivity (Wildman–Crippen MR) is 125 cm³/mol. The molecule has 0 bridgehead atoms. The van der Waals surface area contributed by atoms with Gasteiger partial charge < -0.3 is 10.5 Å². The minimum Gasteiger partial charge on any atom is -0.368 e. The minimum absolute atomic E-state index is 0.0239. The number of nitrogens with two attached hydrogens (primary N) is 1. The number of halogens is 3. The van der Waals surface area contributed by atoms with E-state index in [2.05, 4.69) is 19.7 Å². The van der Waals surface area contributed by atoms with Crippen LogP contribution in [0.15, 0.2) is 29.2 Å². The van der Waals surface area contributed by atoms with E-state index < -0.39 is 23.2 Å². The molecule has 33 heavy (non-hydrogen) atoms. The Hall–Kier alpha value is -2.82. The molecule has 0 amide bonds. The van der Waals surface area contributed by atoms with Crippen LogP contribution >= 0.6 is 11.9 Å². The zero-order valence-electron chi connectivity index (χ0n) is 18.3. The summed E-state index contributed by atoms with van der Waals surface area (Å²) in [4.78, 5) is 25.5. The van der Waals surface area contributed by atoms with E-state index in [0.717, 1.165) is 18.4 Å². The van der Waals surface area contributed by atoms with Crippen LogP contribution in [0.4, 0.5) is 24.8 Å². The molecule has 1 unspecified atom stereocenters. The molecule has 3 N–H and O–H groups in total. The number of benzene rings is 1. The van der Waals surface area contributed by atoms with Gasteiger partial charge in [0.2, 0.25) is 5.95 Å². The standard InChI is InChI=1S/C22H25F3N6OS/c1-12(2)31-19-17(10-27-21(26)29-19)28-18(20(31)32)13-6-7-16(15(23)9-13)30-33-11-14-5-3-4-8-22(14,24)25/h6-7,9-10,12,14,30H,3-5,8,11H2,1-2H3,(H2,26,27,29). The summed E-state index contributed by atoms with van der Waals surface area (Å²) in [5.74, 6) is -3.81. The van der Waals surface area contributed by atoms with E-state index in [9.17, 15) is 18.0 Å². The topological polar surface area (TPSA) is 98.7 Å². The van der Waals surface area contributed by atoms with Crippen molar-refractivity contribution in [2.45, 2.75) is 51.5 Å². The summed E-state index contributed by atoms with van der Waals surface area (Å²) in [5.41, 5.74) is 6.41. The van der Waals surface area contributed by atoms with Crippen molar-refractivity contribution < 1.29 is 13.2 Å². The maximum atomic E-state index is 14.8. The van der Waals surface area contributed by atoms with Gasteiger partial charge in [-0.25, -0.2) is 23.1 Å². The van der Waals surface area contributed by atoms with Crippen molar-refractivity contribution in [2.24, 2.45) is 5.92 Å². The first-order chi connectivity index (χ1) is 15.7. The smallest absolute Gasteiger partial charge is 0.278 e. The van der Waals surface area contributed by atoms with Gasteiger partial charge in [0.05, 0.1) is 11.9 Å². The second-order valence-electron chi connectivity index (χ2n) is 8.48. The van der Waals surface area contributed by atoms with Gasteiger partial charge >= 0.3 is 0 Å². The molecule has 1 saturated carbocycles. The van der Waals surface area contributed by atoms with Gasteiger partial charge in [0, 0.05) is 29.7 Å². The molecule has 0 radical (unpaired) electrons. The van der Waals surface area contributed by atoms with Gasteiger partial charge in [-0.15, -0.1) is 0 Å². The first-order valence-corrected chi connectivity index (χ1v) is 11.8. The largest absolute Gasteiger partial charge is 0.368 e. The van der Waals surface area contributed by atoms with Crippen LogP contribution in [0.3, 0.4) is 0 Å². The molecular weight excluding hydrogens is 453 g/mol. The van der Waals surface area contributed by atoms with Crippen LogP contribution in [0.2, 0.25) is 0 Å². The molecule has 1 fully saturated rings. The molecule has 7 nitrogen and oxygen atoms in total. The molecule has 2 aromatic heterocycles. The summed E-state index contributed by atoms with van der Waals surface area (Å²) >= 11 is 1.06. The molecule has 2 heterocycles. The number of hydrogen-bond donors (Lipinski definition) is 2. The molecule has 176 valence electrons. The Balaban J connectivity index is 1.58. The summed E-state index contributed by atoms with van der Waals surface area (Å²) in [7, 11) is 0. The SMILES string of the molecule is CC(C)n1c(=O)c(-c2ccc(NSCC3CCCCC3(F)F)c(F)c2)nc2cnc(N)nc21. The Morgan fingerprint density at radius 3 is 2.79 bits per heavy atom. The molecule has 1 aliphatic rings. The highest BCUT2D eigenvalue weighted by Gasteiger charge is 2.41. The van der Waals surface area contributed by atoms with Crippen LogP contribution in [0.1, 0.15) is 45.6 Å². The zero-order valence-corrected chi connectivity index (χ0v) is 19.1. The number of hydrogen-bond acceptors (Lipinski definition) is 7. The number of nitrogen functional groups attached to an aromatic ring is 1. The van der Waals surface area contributed by atoms with E-state index in [0.29, 0.717) is 29.6 Å². The van der Waals surface area contributed by atoms with E-state index in [1.165, 1.54) is 22.9 Å². The first-order valence-electron chi connectivity index (χ1n) is 10.8. The highest BCUT2D eigenvalue weighted by Crippen LogP contribution is 2.40. The summed E-state index contributed by atoms with van der Waals surface area (Å²) in [6.07, 6.45) is 3.12. The lowest BCUT2D eigenvalue weighted by Gasteiger charge is -2.30. The van der Waals surface area contributed by atoms with Crippen LogP contribution in [0.25, 0.3) is 22.4 Å². The maximum absolute atomic E-state index is 14.8. The lowest BCUT2D eigenvalue weighted by molar-refractivity contribution is -0.0764. The third-order valence-electron chi connectivity index (χ3n) is 5.79. The van der Waals surface area contributed by atoms with Crippen molar-refractivity contribution in [2.75, 3.05) is 16.2 Å². The fourth-order valence-electron chi connectivity index (χ4n) is 4.02. The average molecular weight is 479 g/mol. The van der Waals surface area contributed by atoms with Crippen molar-refractivity contribution in [1.29, 1.82) is 0 Å². The highest BCUT2D eigenvalue weighted by atomic mass is 32.2. The molecular formula is C22H25F3N6OS. The fourth-order valence-corrected chi connectivity index (χ4v) is 5.03. The maximum Gasteiger partial charge on any atom is 0.278 e. The van der Waals surface area contributed by atoms with Gasteiger partial charge in [-0.05, 0) is 38.8 Å². The number of fused-ring (bicyclic) bond motifs is 1. The Labute approximate surface area is 193 Å². The molecule has 0 saturated heterocycles. The van der Waals surface area contributed by atoms with Crippen molar-refractivity contribution in [3.05, 3.63) is 40.6 Å². The van der Waals surface area contributed by atoms with E-state index >= 15 is 0 Å². The highest BCUT2D eigenvalue weighted by molar-refractivity contribution is 8.00. The third kappa shape index (κ3) is 4.78. The monoisotopic (exact) mass is 478 g/mol. The molecule has 1 aliphatic carbocycles. The van der Waals surface area contributed by atoms with Crippen LogP contribution < -0.4 is 16.0 Å². The number of rotatable bonds is 6. The van der Waals surface area contributed by atoms with Crippen LogP contribution in [0.5, 0.6) is 0 Å². The lowest BCUT2D eigenvalue weighted by atomic mass is 9.87. The molecule has 0 aliphatic heterocycles. The van der Waals surface area contributed by atoms with Gasteiger partial charge in [0.25, 0.3) is 11.5 Å². The van der Waals surface area contributed by atoms with Gasteiger partial charge in [-0.3, -0.25) is 9.36 Å². The van der Waals surface area contributed by atoms with Gasteiger partial charge in [0.1, 0.15) is 17.0 Å². The Kier molecular flexibility index (Phi) is 6.51. The second-order valence-corrected chi connectivity index (χ2v) is 9.30. The van der Waals surface area contributed by atoms with Crippen molar-refractivity contribution in [3.8, 4) is 11.3 Å². The number of alkyl halides is 2. The van der Waals surface area contributed by atoms with Gasteiger partial charge in [-0.2, -0.15) is 4.98 Å². The van der Waals surface area contributed by atoms with E-state index in [1.807, 2.05) is 13.8 Å². The zero-order chi connectivity index (χ0) is 23.8. The third-order valence-corrected chi connectivity index (χ3v) is 6.72. The average Bonchev–Trinajstić information content (AvgIpc) is 2.75. The summed E-state index contributed by atoms with van der Waals surface area (Å²) in [6, 6.07) is 4.01. The van der Waals surface area contributed by atoms with Gasteiger partial charge in [0.15, 0.2) is 5.65 Å². The Morgan fingerprint density at radius 2 is 2.09 bits per heavy atom. The Morgan fingerprint density at radius 1 is 1.30 bits per heavy atom. The Bertz CT molecular complexity index is 1230. The molecule has 1 atom stereocenters. The van der Waals surface area contributed by atoms with E-state index in [1.54, 1.807) is 6.07 Å². The van der Waals surface area contributed by atoms with Crippen molar-refractivity contribution in [3.63, 3.8) is 0 Å². The lowest BCUT2D eigenvalue weighted by Crippen LogP contribution is -2.33. The first kappa shape index (κ1) is 23.3. The number of aromatic nitrogens is 4. The molecule has 0 spiro atoms. The molecule has 1 aromatic carbocycles. The summed E-state index contributed by atoms with van der Waals surface area (Å²) in [5, 5.41) is 0. The molecule has 11 heteroatoms. The number of nitrogens with zero attached hydrogens (tertiary/aromatic N) is 4. The van der Waals surface area contributed by atoms with Crippen LogP contribution in [-0.2, 0) is 0 Å². The van der Waals surface area contributed by atoms with Crippen LogP contribution in [0, 0.1) is 11.7 Å². The van der Waals surface area contributed by atoms with Gasteiger partial charge in [-0.1, -0.05) is 24.4 Å². The van der Waals surface area contributed by atoms with E-state index in [4.69, 9.17) is 5.73 Å². The van der Waals surface area contributed by atoms with E-state index in [-0.39, 0.29) is 35.5 Å². The molecule has 4 rings (SSSR count). The molecule has 3 aromatic rings. The second kappa shape index (κ2) is 9.20. The van der Waals surface area contributed by atoms with Crippen LogP contribution in [-0.4, -0.2) is 31.2 Å². The fraction of sp³-hybridized carbons (Fsp3) is 0.455. The summed E-state index contributed by atoms with van der Waals surface area (Å²) < 4.78 is 47.1. The quantitative estimate of drug-likeness (QED) is 0.479. The van der Waals surface area contributed by atoms with Crippen molar-refractivity contribution >= 4 is 34.7 Å². The number of nitrogens with one attached hydrogen (secondary N) is 1. The number of anilines is 2. The summed E-state index contributed by atoms with van der Waals surface area (Å²) in [6.45, 7) is 3.65. The predicted octanol–water partition coefficient (Wildman–Crippen LogP) is 5.04. The van der Waals surface area contributed by atoms with Crippen molar-refractivity contribution in [1.82, 2.24) is 19.5 Å².